The number of nitrogens with one attached hydrogen (secondary N) is 1. The van der Waals surface area contributed by atoms with Crippen molar-refractivity contribution in [1.82, 2.24) is 5.32 Å². The topological polar surface area (TPSA) is 29.1 Å². The number of halogens is 1. The first-order valence-corrected chi connectivity index (χ1v) is 7.56. The molecule has 0 aliphatic heterocycles. The molecule has 1 unspecified atom stereocenters. The molecule has 2 nitrogen and oxygen atoms in total. The van der Waals surface area contributed by atoms with E-state index in [2.05, 4.69) is 34.4 Å². The highest BCUT2D eigenvalue weighted by Crippen LogP contribution is 2.02. The minimum atomic E-state index is 0.194. The number of unbranched alkanes of at least 4 members (excludes halogenated alkanes) is 1. The molecular formula is C10H20BrNOS. The fraction of sp³-hybridized carbons (Fsp3) is 0.900. The molecule has 0 aromatic heterocycles. The van der Waals surface area contributed by atoms with Crippen LogP contribution in [0.4, 0.5) is 0 Å². The molecule has 0 aliphatic rings. The highest BCUT2D eigenvalue weighted by atomic mass is 79.9. The summed E-state index contributed by atoms with van der Waals surface area (Å²) >= 11 is 5.17. The first kappa shape index (κ1) is 14.3. The van der Waals surface area contributed by atoms with E-state index in [0.29, 0.717) is 12.5 Å². The molecule has 1 amide bonds. The zero-order valence-electron chi connectivity index (χ0n) is 9.01. The van der Waals surface area contributed by atoms with Crippen molar-refractivity contribution < 1.29 is 4.79 Å². The molecule has 0 aromatic carbocycles. The van der Waals surface area contributed by atoms with Crippen LogP contribution in [0.25, 0.3) is 0 Å². The molecule has 84 valence electrons. The third-order valence-electron chi connectivity index (χ3n) is 1.95. The Morgan fingerprint density at radius 3 is 2.79 bits per heavy atom. The van der Waals surface area contributed by atoms with Crippen LogP contribution in [0.5, 0.6) is 0 Å². The maximum atomic E-state index is 11.4. The van der Waals surface area contributed by atoms with E-state index in [1.807, 2.05) is 11.8 Å². The van der Waals surface area contributed by atoms with Crippen molar-refractivity contribution >= 4 is 33.6 Å². The summed E-state index contributed by atoms with van der Waals surface area (Å²) < 4.78 is 0. The molecule has 0 aromatic rings. The smallest absolute Gasteiger partial charge is 0.220 e. The van der Waals surface area contributed by atoms with E-state index in [1.165, 1.54) is 0 Å². The van der Waals surface area contributed by atoms with Gasteiger partial charge in [0.2, 0.25) is 5.91 Å². The van der Waals surface area contributed by atoms with Crippen LogP contribution in [-0.2, 0) is 4.79 Å². The van der Waals surface area contributed by atoms with E-state index >= 15 is 0 Å². The summed E-state index contributed by atoms with van der Waals surface area (Å²) in [5.74, 6) is 1.31. The highest BCUT2D eigenvalue weighted by Gasteiger charge is 2.05. The van der Waals surface area contributed by atoms with Gasteiger partial charge in [-0.2, -0.15) is 11.8 Å². The zero-order chi connectivity index (χ0) is 10.8. The van der Waals surface area contributed by atoms with Crippen LogP contribution in [0, 0.1) is 0 Å². The molecule has 0 saturated carbocycles. The van der Waals surface area contributed by atoms with E-state index in [4.69, 9.17) is 0 Å². The third-order valence-corrected chi connectivity index (χ3v) is 3.15. The monoisotopic (exact) mass is 281 g/mol. The van der Waals surface area contributed by atoms with Gasteiger partial charge in [0, 0.05) is 17.8 Å². The summed E-state index contributed by atoms with van der Waals surface area (Å²) in [5.41, 5.74) is 0. The lowest BCUT2D eigenvalue weighted by molar-refractivity contribution is -0.121. The summed E-state index contributed by atoms with van der Waals surface area (Å²) in [7, 11) is 0. The minimum Gasteiger partial charge on any atom is -0.354 e. The van der Waals surface area contributed by atoms with Crippen LogP contribution in [0.1, 0.15) is 32.6 Å². The van der Waals surface area contributed by atoms with Gasteiger partial charge < -0.3 is 5.32 Å². The maximum Gasteiger partial charge on any atom is 0.220 e. The van der Waals surface area contributed by atoms with E-state index in [0.717, 1.165) is 30.3 Å². The lowest BCUT2D eigenvalue weighted by Crippen LogP contribution is -2.32. The van der Waals surface area contributed by atoms with Crippen LogP contribution < -0.4 is 5.32 Å². The van der Waals surface area contributed by atoms with Crippen molar-refractivity contribution in [3.8, 4) is 0 Å². The Labute approximate surface area is 99.7 Å². The Bertz CT molecular complexity index is 155. The van der Waals surface area contributed by atoms with Crippen molar-refractivity contribution in [1.29, 1.82) is 0 Å². The van der Waals surface area contributed by atoms with Crippen molar-refractivity contribution in [2.45, 2.75) is 38.6 Å². The second kappa shape index (κ2) is 9.84. The van der Waals surface area contributed by atoms with Crippen molar-refractivity contribution in [2.75, 3.05) is 17.3 Å². The first-order chi connectivity index (χ1) is 6.70. The van der Waals surface area contributed by atoms with Crippen LogP contribution in [-0.4, -0.2) is 29.3 Å². The molecular weight excluding hydrogens is 262 g/mol. The van der Waals surface area contributed by atoms with Gasteiger partial charge >= 0.3 is 0 Å². The molecule has 4 heteroatoms. The van der Waals surface area contributed by atoms with Crippen molar-refractivity contribution in [3.63, 3.8) is 0 Å². The Balaban J connectivity index is 3.40. The van der Waals surface area contributed by atoms with E-state index in [9.17, 15) is 4.79 Å². The molecule has 0 radical (unpaired) electrons. The van der Waals surface area contributed by atoms with E-state index in [1.54, 1.807) is 0 Å². The summed E-state index contributed by atoms with van der Waals surface area (Å²) in [5, 5.41) is 3.99. The molecule has 0 spiro atoms. The molecule has 0 saturated heterocycles. The van der Waals surface area contributed by atoms with Gasteiger partial charge in [-0.3, -0.25) is 4.79 Å². The zero-order valence-corrected chi connectivity index (χ0v) is 11.4. The lowest BCUT2D eigenvalue weighted by Gasteiger charge is -2.12. The van der Waals surface area contributed by atoms with Crippen molar-refractivity contribution in [2.24, 2.45) is 0 Å². The van der Waals surface area contributed by atoms with Crippen LogP contribution in [0.15, 0.2) is 0 Å². The number of carbonyl (C=O) groups is 1. The average Bonchev–Trinajstić information content (AvgIpc) is 2.15. The average molecular weight is 282 g/mol. The van der Waals surface area contributed by atoms with Gasteiger partial charge in [-0.15, -0.1) is 0 Å². The summed E-state index contributed by atoms with van der Waals surface area (Å²) in [6, 6.07) is 0.318. The van der Waals surface area contributed by atoms with Gasteiger partial charge in [0.25, 0.3) is 0 Å². The number of thioether (sulfide) groups is 1. The molecule has 14 heavy (non-hydrogen) atoms. The number of hydrogen-bond donors (Lipinski definition) is 1. The van der Waals surface area contributed by atoms with E-state index in [-0.39, 0.29) is 5.91 Å². The SMILES string of the molecule is CSCCC(C)NC(=O)CCCCBr. The highest BCUT2D eigenvalue weighted by molar-refractivity contribution is 9.09. The van der Waals surface area contributed by atoms with Gasteiger partial charge in [-0.05, 0) is 38.2 Å². The molecule has 1 atom stereocenters. The lowest BCUT2D eigenvalue weighted by atomic mass is 10.2. The Kier molecular flexibility index (Phi) is 10.1. The predicted molar refractivity (Wildman–Crippen MR) is 68.2 cm³/mol. The Hall–Kier alpha value is 0.300. The van der Waals surface area contributed by atoms with Crippen molar-refractivity contribution in [3.05, 3.63) is 0 Å². The predicted octanol–water partition coefficient (Wildman–Crippen LogP) is 2.81. The normalized spacial score (nSPS) is 12.5. The Morgan fingerprint density at radius 2 is 2.21 bits per heavy atom. The van der Waals surface area contributed by atoms with Crippen LogP contribution >= 0.6 is 27.7 Å². The number of hydrogen-bond acceptors (Lipinski definition) is 2. The van der Waals surface area contributed by atoms with Gasteiger partial charge in [-0.1, -0.05) is 15.9 Å². The molecule has 1 N–H and O–H groups in total. The molecule has 0 aliphatic carbocycles. The van der Waals surface area contributed by atoms with Gasteiger partial charge in [-0.25, -0.2) is 0 Å². The number of amides is 1. The van der Waals surface area contributed by atoms with Crippen LogP contribution in [0.3, 0.4) is 0 Å². The van der Waals surface area contributed by atoms with Gasteiger partial charge in [0.1, 0.15) is 0 Å². The maximum absolute atomic E-state index is 11.4. The molecule has 0 rings (SSSR count). The minimum absolute atomic E-state index is 0.194. The first-order valence-electron chi connectivity index (χ1n) is 5.05. The van der Waals surface area contributed by atoms with E-state index < -0.39 is 0 Å². The Morgan fingerprint density at radius 1 is 1.50 bits per heavy atom. The molecule has 0 heterocycles. The standard InChI is InChI=1S/C10H20BrNOS/c1-9(6-8-14-2)12-10(13)5-3-4-7-11/h9H,3-8H2,1-2H3,(H,12,13). The third kappa shape index (κ3) is 8.88. The second-order valence-electron chi connectivity index (χ2n) is 3.40. The number of rotatable bonds is 8. The fourth-order valence-corrected chi connectivity index (χ4v) is 2.08. The summed E-state index contributed by atoms with van der Waals surface area (Å²) in [6.07, 6.45) is 5.87. The number of carbonyl (C=O) groups excluding carboxylic acids is 1. The van der Waals surface area contributed by atoms with Gasteiger partial charge in [0.05, 0.1) is 0 Å². The summed E-state index contributed by atoms with van der Waals surface area (Å²) in [4.78, 5) is 11.4. The molecule has 0 bridgehead atoms. The fourth-order valence-electron chi connectivity index (χ4n) is 1.09. The van der Waals surface area contributed by atoms with Crippen LogP contribution in [0.2, 0.25) is 0 Å². The number of alkyl halides is 1. The van der Waals surface area contributed by atoms with Gasteiger partial charge in [0.15, 0.2) is 0 Å². The largest absolute Gasteiger partial charge is 0.354 e. The molecule has 0 fully saturated rings. The second-order valence-corrected chi connectivity index (χ2v) is 5.17. The quantitative estimate of drug-likeness (QED) is 0.548. The summed E-state index contributed by atoms with van der Waals surface area (Å²) in [6.45, 7) is 2.07.